The zero-order valence-electron chi connectivity index (χ0n) is 19.4. The zero-order valence-corrected chi connectivity index (χ0v) is 19.4. The van der Waals surface area contributed by atoms with Gasteiger partial charge in [-0.25, -0.2) is 14.6 Å². The molecule has 0 radical (unpaired) electrons. The molecule has 0 atom stereocenters. The van der Waals surface area contributed by atoms with E-state index in [2.05, 4.69) is 33.8 Å². The van der Waals surface area contributed by atoms with Crippen LogP contribution >= 0.6 is 0 Å². The van der Waals surface area contributed by atoms with Crippen molar-refractivity contribution >= 4 is 17.0 Å². The van der Waals surface area contributed by atoms with Gasteiger partial charge in [0.2, 0.25) is 0 Å². The van der Waals surface area contributed by atoms with E-state index in [-0.39, 0.29) is 5.97 Å². The molecule has 0 aliphatic rings. The highest BCUT2D eigenvalue weighted by molar-refractivity contribution is 6.02. The van der Waals surface area contributed by atoms with Gasteiger partial charge in [-0.3, -0.25) is 0 Å². The number of H-pyrrole nitrogens is 1. The molecule has 5 aromatic rings. The monoisotopic (exact) mass is 468 g/mol. The molecule has 176 valence electrons. The second-order valence-corrected chi connectivity index (χ2v) is 8.20. The summed E-state index contributed by atoms with van der Waals surface area (Å²) in [5, 5.41) is 2.58. The zero-order chi connectivity index (χ0) is 24.4. The van der Waals surface area contributed by atoms with Crippen LogP contribution in [0, 0.1) is 0 Å². The number of esters is 1. The van der Waals surface area contributed by atoms with E-state index in [9.17, 15) is 9.59 Å². The molecule has 0 saturated heterocycles. The molecule has 2 heterocycles. The summed E-state index contributed by atoms with van der Waals surface area (Å²) in [5.74, 6) is 0.284. The Bertz CT molecular complexity index is 1560. The van der Waals surface area contributed by atoms with Crippen molar-refractivity contribution in [2.45, 2.75) is 26.3 Å². The molecule has 3 aromatic carbocycles. The summed E-state index contributed by atoms with van der Waals surface area (Å²) in [6.07, 6.45) is 1.74. The number of nitrogens with one attached hydrogen (secondary N) is 1. The number of carbonyl (C=O) groups is 1. The first kappa shape index (κ1) is 22.3. The Morgan fingerprint density at radius 2 is 1.77 bits per heavy atom. The first-order chi connectivity index (χ1) is 17.1. The number of benzene rings is 3. The predicted molar refractivity (Wildman–Crippen MR) is 132 cm³/mol. The standard InChI is InChI=1S/C27H24N4O4/c1-3-7-23-28-22-11-6-10-21(26(32)34-2)24(22)31(23)16-17-12-14-18(15-13-17)19-8-4-5-9-20(19)25-29-27(33)35-30-25/h4-6,8-15H,3,7,16H2,1-2H3,(H,29,30,33). The van der Waals surface area contributed by atoms with Crippen LogP contribution in [0.25, 0.3) is 33.5 Å². The summed E-state index contributed by atoms with van der Waals surface area (Å²) in [7, 11) is 1.39. The lowest BCUT2D eigenvalue weighted by molar-refractivity contribution is 0.0602. The van der Waals surface area contributed by atoms with Gasteiger partial charge in [0.1, 0.15) is 5.82 Å². The van der Waals surface area contributed by atoms with Crippen LogP contribution < -0.4 is 5.76 Å². The maximum Gasteiger partial charge on any atom is 0.460 e. The number of hydrogen-bond donors (Lipinski definition) is 1. The molecule has 0 amide bonds. The van der Waals surface area contributed by atoms with Crippen LogP contribution in [-0.4, -0.2) is 32.8 Å². The Labute approximate surface area is 201 Å². The molecule has 0 aliphatic carbocycles. The topological polar surface area (TPSA) is 103 Å². The number of ether oxygens (including phenoxy) is 1. The van der Waals surface area contributed by atoms with Crippen molar-refractivity contribution in [1.29, 1.82) is 0 Å². The Kier molecular flexibility index (Phi) is 6.01. The first-order valence-electron chi connectivity index (χ1n) is 11.4. The molecular weight excluding hydrogens is 444 g/mol. The van der Waals surface area contributed by atoms with Crippen molar-refractivity contribution < 1.29 is 14.1 Å². The van der Waals surface area contributed by atoms with Gasteiger partial charge in [0.05, 0.1) is 23.7 Å². The van der Waals surface area contributed by atoms with Gasteiger partial charge < -0.3 is 13.8 Å². The summed E-state index contributed by atoms with van der Waals surface area (Å²) in [4.78, 5) is 32.6. The minimum atomic E-state index is -0.660. The Morgan fingerprint density at radius 1 is 1.00 bits per heavy atom. The average Bonchev–Trinajstić information content (AvgIpc) is 3.47. The number of carbonyl (C=O) groups excluding carboxylic acids is 1. The number of aromatic amines is 1. The van der Waals surface area contributed by atoms with Crippen molar-refractivity contribution in [2.24, 2.45) is 0 Å². The first-order valence-corrected chi connectivity index (χ1v) is 11.4. The van der Waals surface area contributed by atoms with Gasteiger partial charge in [-0.15, -0.1) is 0 Å². The van der Waals surface area contributed by atoms with Crippen LogP contribution in [0.15, 0.2) is 76.0 Å². The molecule has 8 heteroatoms. The van der Waals surface area contributed by atoms with Crippen LogP contribution in [0.4, 0.5) is 0 Å². The van der Waals surface area contributed by atoms with Crippen LogP contribution in [0.1, 0.15) is 35.1 Å². The molecule has 5 rings (SSSR count). The predicted octanol–water partition coefficient (Wildman–Crippen LogP) is 4.83. The number of aromatic nitrogens is 4. The normalized spacial score (nSPS) is 11.1. The van der Waals surface area contributed by atoms with E-state index in [1.54, 1.807) is 6.07 Å². The number of para-hydroxylation sites is 1. The second-order valence-electron chi connectivity index (χ2n) is 8.20. The average molecular weight is 469 g/mol. The fourth-order valence-corrected chi connectivity index (χ4v) is 4.35. The molecule has 2 aromatic heterocycles. The highest BCUT2D eigenvalue weighted by atomic mass is 16.5. The summed E-state index contributed by atoms with van der Waals surface area (Å²) in [5.41, 5.74) is 5.82. The number of methoxy groups -OCH3 is 1. The molecule has 0 unspecified atom stereocenters. The quantitative estimate of drug-likeness (QED) is 0.343. The molecule has 0 spiro atoms. The lowest BCUT2D eigenvalue weighted by atomic mass is 9.98. The lowest BCUT2D eigenvalue weighted by Gasteiger charge is -2.12. The largest absolute Gasteiger partial charge is 0.465 e. The molecular formula is C27H24N4O4. The van der Waals surface area contributed by atoms with Gasteiger partial charge in [0.15, 0.2) is 5.82 Å². The van der Waals surface area contributed by atoms with E-state index in [0.717, 1.165) is 52.0 Å². The Hall–Kier alpha value is -4.46. The number of hydrogen-bond acceptors (Lipinski definition) is 6. The third-order valence-corrected chi connectivity index (χ3v) is 5.95. The van der Waals surface area contributed by atoms with Crippen LogP contribution in [0.2, 0.25) is 0 Å². The fourth-order valence-electron chi connectivity index (χ4n) is 4.35. The van der Waals surface area contributed by atoms with E-state index in [0.29, 0.717) is 17.9 Å². The summed E-state index contributed by atoms with van der Waals surface area (Å²) < 4.78 is 11.9. The van der Waals surface area contributed by atoms with Gasteiger partial charge in [-0.05, 0) is 35.2 Å². The van der Waals surface area contributed by atoms with E-state index in [4.69, 9.17) is 14.2 Å². The number of fused-ring (bicyclic) bond motifs is 1. The van der Waals surface area contributed by atoms with Gasteiger partial charge in [0.25, 0.3) is 0 Å². The van der Waals surface area contributed by atoms with Crippen LogP contribution in [0.3, 0.4) is 0 Å². The van der Waals surface area contributed by atoms with E-state index >= 15 is 0 Å². The van der Waals surface area contributed by atoms with Crippen molar-refractivity contribution in [1.82, 2.24) is 19.7 Å². The number of aryl methyl sites for hydroxylation is 1. The second kappa shape index (κ2) is 9.42. The highest BCUT2D eigenvalue weighted by Gasteiger charge is 2.19. The molecule has 0 aliphatic heterocycles. The van der Waals surface area contributed by atoms with Crippen molar-refractivity contribution in [3.8, 4) is 22.5 Å². The Balaban J connectivity index is 1.53. The third kappa shape index (κ3) is 4.26. The van der Waals surface area contributed by atoms with E-state index in [1.165, 1.54) is 7.11 Å². The summed E-state index contributed by atoms with van der Waals surface area (Å²) >= 11 is 0. The van der Waals surface area contributed by atoms with Gasteiger partial charge in [-0.1, -0.05) is 61.5 Å². The Morgan fingerprint density at radius 3 is 2.46 bits per heavy atom. The van der Waals surface area contributed by atoms with Crippen LogP contribution in [-0.2, 0) is 17.7 Å². The molecule has 0 fully saturated rings. The van der Waals surface area contributed by atoms with Gasteiger partial charge in [0, 0.05) is 18.5 Å². The van der Waals surface area contributed by atoms with Gasteiger partial charge in [-0.2, -0.15) is 10.1 Å². The minimum Gasteiger partial charge on any atom is -0.465 e. The molecule has 8 nitrogen and oxygen atoms in total. The minimum absolute atomic E-state index is 0.377. The smallest absolute Gasteiger partial charge is 0.460 e. The van der Waals surface area contributed by atoms with E-state index < -0.39 is 5.76 Å². The van der Waals surface area contributed by atoms with E-state index in [1.807, 2.05) is 48.5 Å². The highest BCUT2D eigenvalue weighted by Crippen LogP contribution is 2.30. The molecule has 0 saturated carbocycles. The maximum absolute atomic E-state index is 12.5. The SMILES string of the molecule is CCCc1nc2cccc(C(=O)OC)c2n1Cc1ccc(-c2ccccc2-c2nc(=O)o[nH]2)cc1. The van der Waals surface area contributed by atoms with Crippen molar-refractivity contribution in [3.05, 3.63) is 94.2 Å². The van der Waals surface area contributed by atoms with Crippen molar-refractivity contribution in [3.63, 3.8) is 0 Å². The number of nitrogens with zero attached hydrogens (tertiary/aromatic N) is 3. The summed E-state index contributed by atoms with van der Waals surface area (Å²) in [6, 6.07) is 21.4. The number of imidazole rings is 1. The third-order valence-electron chi connectivity index (χ3n) is 5.95. The number of rotatable bonds is 7. The fraction of sp³-hybridized carbons (Fsp3) is 0.185. The lowest BCUT2D eigenvalue weighted by Crippen LogP contribution is -2.09. The van der Waals surface area contributed by atoms with Crippen LogP contribution in [0.5, 0.6) is 0 Å². The van der Waals surface area contributed by atoms with Crippen molar-refractivity contribution in [2.75, 3.05) is 7.11 Å². The molecule has 0 bridgehead atoms. The molecule has 35 heavy (non-hydrogen) atoms. The van der Waals surface area contributed by atoms with Gasteiger partial charge >= 0.3 is 11.7 Å². The molecule has 1 N–H and O–H groups in total. The summed E-state index contributed by atoms with van der Waals surface area (Å²) in [6.45, 7) is 2.68. The maximum atomic E-state index is 12.5.